The maximum absolute atomic E-state index is 12.3. The number of nitrogens with zero attached hydrogens (tertiary/aromatic N) is 3. The Kier molecular flexibility index (Phi) is 5.10. The van der Waals surface area contributed by atoms with Gasteiger partial charge in [-0.15, -0.1) is 0 Å². The predicted molar refractivity (Wildman–Crippen MR) is 102 cm³/mol. The molecule has 1 amide bonds. The number of hydrogen-bond acceptors (Lipinski definition) is 5. The Morgan fingerprint density at radius 3 is 2.54 bits per heavy atom. The number of hydrogen-bond donors (Lipinski definition) is 2. The van der Waals surface area contributed by atoms with Crippen molar-refractivity contribution in [3.63, 3.8) is 0 Å². The smallest absolute Gasteiger partial charge is 0.258 e. The summed E-state index contributed by atoms with van der Waals surface area (Å²) in [5, 5.41) is 13.4. The number of anilines is 2. The first-order valence-electron chi connectivity index (χ1n) is 8.35. The van der Waals surface area contributed by atoms with Gasteiger partial charge in [0.25, 0.3) is 5.91 Å². The first-order valence-corrected chi connectivity index (χ1v) is 9.11. The summed E-state index contributed by atoms with van der Waals surface area (Å²) >= 11 is 12.1. The van der Waals surface area contributed by atoms with Crippen LogP contribution in [0.1, 0.15) is 61.1 Å². The molecule has 138 valence electrons. The fraction of sp³-hybridized carbons (Fsp3) is 0.389. The van der Waals surface area contributed by atoms with Gasteiger partial charge in [0.15, 0.2) is 5.82 Å². The zero-order valence-corrected chi connectivity index (χ0v) is 16.4. The van der Waals surface area contributed by atoms with E-state index in [9.17, 15) is 9.90 Å². The Morgan fingerprint density at radius 2 is 1.92 bits per heavy atom. The molecule has 1 atom stereocenters. The van der Waals surface area contributed by atoms with E-state index in [4.69, 9.17) is 23.2 Å². The number of carbonyl (C=O) groups is 1. The highest BCUT2D eigenvalue weighted by Gasteiger charge is 2.36. The lowest BCUT2D eigenvalue weighted by molar-refractivity contribution is 0.0767. The summed E-state index contributed by atoms with van der Waals surface area (Å²) < 4.78 is 0. The Hall–Kier alpha value is -1.89. The van der Waals surface area contributed by atoms with Crippen LogP contribution >= 0.6 is 23.2 Å². The Labute approximate surface area is 162 Å². The van der Waals surface area contributed by atoms with E-state index < -0.39 is 12.3 Å². The minimum absolute atomic E-state index is 0.0680. The van der Waals surface area contributed by atoms with Gasteiger partial charge in [0.05, 0.1) is 22.0 Å². The van der Waals surface area contributed by atoms with Crippen molar-refractivity contribution in [2.75, 3.05) is 4.90 Å². The van der Waals surface area contributed by atoms with Crippen LogP contribution in [0.25, 0.3) is 0 Å². The Morgan fingerprint density at radius 1 is 1.23 bits per heavy atom. The average Bonchev–Trinajstić information content (AvgIpc) is 2.56. The van der Waals surface area contributed by atoms with E-state index in [0.717, 1.165) is 16.9 Å². The molecule has 0 bridgehead atoms. The number of aliphatic hydroxyl groups is 1. The third kappa shape index (κ3) is 3.13. The summed E-state index contributed by atoms with van der Waals surface area (Å²) in [6, 6.07) is 3.37. The third-order valence-corrected chi connectivity index (χ3v) is 4.96. The minimum Gasteiger partial charge on any atom is -0.356 e. The molecule has 0 radical (unpaired) electrons. The number of halogens is 2. The summed E-state index contributed by atoms with van der Waals surface area (Å²) in [7, 11) is 0. The van der Waals surface area contributed by atoms with Gasteiger partial charge in [-0.3, -0.25) is 14.7 Å². The molecule has 0 saturated carbocycles. The van der Waals surface area contributed by atoms with Crippen molar-refractivity contribution in [1.82, 2.24) is 15.3 Å². The van der Waals surface area contributed by atoms with Gasteiger partial charge in [-0.05, 0) is 29.5 Å². The fourth-order valence-electron chi connectivity index (χ4n) is 3.05. The van der Waals surface area contributed by atoms with Crippen LogP contribution in [0.5, 0.6) is 0 Å². The standard InChI is InChI=1S/C18H20Cl2N4O2/c1-8(2)10-5-6-21-13(9(3)4)14(10)24-16-11(17(25)23-18(24)26)7-12(19)15(20)22-16/h5-9,18,26H,1-4H3,(H,23,25). The number of rotatable bonds is 3. The van der Waals surface area contributed by atoms with Gasteiger partial charge in [-0.2, -0.15) is 0 Å². The maximum atomic E-state index is 12.3. The maximum Gasteiger partial charge on any atom is 0.258 e. The van der Waals surface area contributed by atoms with Crippen LogP contribution in [0.2, 0.25) is 10.2 Å². The largest absolute Gasteiger partial charge is 0.356 e. The second-order valence-corrected chi connectivity index (χ2v) is 7.56. The lowest BCUT2D eigenvalue weighted by atomic mass is 9.95. The van der Waals surface area contributed by atoms with Crippen molar-refractivity contribution in [3.05, 3.63) is 45.3 Å². The summed E-state index contributed by atoms with van der Waals surface area (Å²) in [6.07, 6.45) is 0.464. The molecule has 2 N–H and O–H groups in total. The molecule has 8 heteroatoms. The molecule has 1 unspecified atom stereocenters. The van der Waals surface area contributed by atoms with E-state index in [0.29, 0.717) is 0 Å². The van der Waals surface area contributed by atoms with Crippen LogP contribution in [0.15, 0.2) is 18.3 Å². The van der Waals surface area contributed by atoms with Crippen molar-refractivity contribution in [2.24, 2.45) is 0 Å². The number of fused-ring (bicyclic) bond motifs is 1. The van der Waals surface area contributed by atoms with E-state index in [1.807, 2.05) is 19.9 Å². The molecule has 3 rings (SSSR count). The second-order valence-electron chi connectivity index (χ2n) is 6.79. The van der Waals surface area contributed by atoms with Crippen molar-refractivity contribution >= 4 is 40.6 Å². The lowest BCUT2D eigenvalue weighted by Crippen LogP contribution is -2.51. The van der Waals surface area contributed by atoms with E-state index >= 15 is 0 Å². The SMILES string of the molecule is CC(C)c1ccnc(C(C)C)c1N1c2nc(Cl)c(Cl)cc2C(=O)NC1O. The van der Waals surface area contributed by atoms with Crippen molar-refractivity contribution < 1.29 is 9.90 Å². The zero-order chi connectivity index (χ0) is 19.2. The fourth-order valence-corrected chi connectivity index (χ4v) is 3.33. The number of aliphatic hydroxyl groups excluding tert-OH is 1. The Balaban J connectivity index is 2.33. The molecule has 6 nitrogen and oxygen atoms in total. The predicted octanol–water partition coefficient (Wildman–Crippen LogP) is 4.19. The van der Waals surface area contributed by atoms with Crippen molar-refractivity contribution in [2.45, 2.75) is 45.9 Å². The third-order valence-electron chi connectivity index (χ3n) is 4.28. The van der Waals surface area contributed by atoms with Crippen LogP contribution in [0.4, 0.5) is 11.5 Å². The van der Waals surface area contributed by atoms with Crippen molar-refractivity contribution in [1.29, 1.82) is 0 Å². The molecule has 0 aromatic carbocycles. The van der Waals surface area contributed by atoms with Crippen molar-refractivity contribution in [3.8, 4) is 0 Å². The molecular weight excluding hydrogens is 375 g/mol. The van der Waals surface area contributed by atoms with E-state index in [1.54, 1.807) is 11.1 Å². The molecular formula is C18H20Cl2N4O2. The van der Waals surface area contributed by atoms with E-state index in [2.05, 4.69) is 29.1 Å². The zero-order valence-electron chi connectivity index (χ0n) is 14.9. The summed E-state index contributed by atoms with van der Waals surface area (Å²) in [5.41, 5.74) is 2.75. The molecule has 2 aromatic heterocycles. The van der Waals surface area contributed by atoms with E-state index in [-0.39, 0.29) is 33.4 Å². The molecule has 1 aliphatic heterocycles. The van der Waals surface area contributed by atoms with Crippen LogP contribution in [-0.2, 0) is 0 Å². The number of carbonyl (C=O) groups excluding carboxylic acids is 1. The van der Waals surface area contributed by atoms with E-state index in [1.165, 1.54) is 6.07 Å². The summed E-state index contributed by atoms with van der Waals surface area (Å²) in [6.45, 7) is 8.16. The highest BCUT2D eigenvalue weighted by atomic mass is 35.5. The highest BCUT2D eigenvalue weighted by molar-refractivity contribution is 6.41. The number of amides is 1. The van der Waals surface area contributed by atoms with Gasteiger partial charge in [-0.25, -0.2) is 4.98 Å². The van der Waals surface area contributed by atoms with Gasteiger partial charge >= 0.3 is 0 Å². The molecule has 26 heavy (non-hydrogen) atoms. The normalized spacial score (nSPS) is 16.9. The number of nitrogens with one attached hydrogen (secondary N) is 1. The average molecular weight is 395 g/mol. The molecule has 0 saturated heterocycles. The minimum atomic E-state index is -1.29. The quantitative estimate of drug-likeness (QED) is 0.763. The van der Waals surface area contributed by atoms with Crippen LogP contribution < -0.4 is 10.2 Å². The van der Waals surface area contributed by atoms with Gasteiger partial charge in [0.1, 0.15) is 5.15 Å². The molecule has 0 fully saturated rings. The Bertz CT molecular complexity index is 844. The van der Waals surface area contributed by atoms with Gasteiger partial charge < -0.3 is 10.4 Å². The number of pyridine rings is 2. The van der Waals surface area contributed by atoms with Crippen LogP contribution in [-0.4, -0.2) is 27.3 Å². The molecule has 2 aromatic rings. The second kappa shape index (κ2) is 7.02. The first kappa shape index (κ1) is 18.9. The number of aromatic nitrogens is 2. The first-order chi connectivity index (χ1) is 12.2. The molecule has 0 spiro atoms. The highest BCUT2D eigenvalue weighted by Crippen LogP contribution is 2.41. The topological polar surface area (TPSA) is 78.4 Å². The molecule has 3 heterocycles. The van der Waals surface area contributed by atoms with Crippen LogP contribution in [0.3, 0.4) is 0 Å². The van der Waals surface area contributed by atoms with Gasteiger partial charge in [0.2, 0.25) is 6.35 Å². The molecule has 1 aliphatic rings. The lowest BCUT2D eigenvalue weighted by Gasteiger charge is -2.37. The monoisotopic (exact) mass is 394 g/mol. The van der Waals surface area contributed by atoms with Gasteiger partial charge in [0, 0.05) is 6.20 Å². The van der Waals surface area contributed by atoms with Crippen LogP contribution in [0, 0.1) is 0 Å². The molecule has 0 aliphatic carbocycles. The van der Waals surface area contributed by atoms with Gasteiger partial charge in [-0.1, -0.05) is 50.9 Å². The summed E-state index contributed by atoms with van der Waals surface area (Å²) in [4.78, 5) is 22.7. The summed E-state index contributed by atoms with van der Waals surface area (Å²) in [5.74, 6) is 0.0599.